The van der Waals surface area contributed by atoms with Crippen molar-refractivity contribution in [3.05, 3.63) is 63.6 Å². The molecule has 0 aliphatic carbocycles. The van der Waals surface area contributed by atoms with E-state index in [1.54, 1.807) is 43.5 Å². The Bertz CT molecular complexity index is 731. The van der Waals surface area contributed by atoms with Gasteiger partial charge in [0, 0.05) is 15.6 Å². The molecule has 0 aliphatic heterocycles. The van der Waals surface area contributed by atoms with E-state index < -0.39 is 5.97 Å². The molecule has 0 fully saturated rings. The molecule has 132 valence electrons. The molecule has 0 unspecified atom stereocenters. The second kappa shape index (κ2) is 9.91. The molecule has 7 heteroatoms. The first-order valence-corrected chi connectivity index (χ1v) is 8.43. The number of carbonyl (C=O) groups is 1. The summed E-state index contributed by atoms with van der Waals surface area (Å²) in [4.78, 5) is 11.3. The summed E-state index contributed by atoms with van der Waals surface area (Å²) in [5.74, 6) is 0.158. The predicted octanol–water partition coefficient (Wildman–Crippen LogP) is 4.06. The number of nitrogens with one attached hydrogen (secondary N) is 1. The highest BCUT2D eigenvalue weighted by Gasteiger charge is 2.04. The van der Waals surface area contributed by atoms with Crippen molar-refractivity contribution in [2.75, 3.05) is 13.2 Å². The molecule has 0 aromatic heterocycles. The van der Waals surface area contributed by atoms with Crippen molar-refractivity contribution in [1.82, 2.24) is 5.43 Å². The van der Waals surface area contributed by atoms with Gasteiger partial charge in [-0.1, -0.05) is 41.4 Å². The molecule has 5 nitrogen and oxygen atoms in total. The predicted molar refractivity (Wildman–Crippen MR) is 99.5 cm³/mol. The molecule has 2 aromatic rings. The highest BCUT2D eigenvalue weighted by atomic mass is 35.5. The van der Waals surface area contributed by atoms with Crippen LogP contribution >= 0.6 is 23.2 Å². The van der Waals surface area contributed by atoms with E-state index in [0.29, 0.717) is 28.9 Å². The number of benzene rings is 2. The first kappa shape index (κ1) is 19.1. The van der Waals surface area contributed by atoms with Gasteiger partial charge in [-0.3, -0.25) is 0 Å². The van der Waals surface area contributed by atoms with Gasteiger partial charge in [-0.25, -0.2) is 4.79 Å². The maximum absolute atomic E-state index is 11.3. The van der Waals surface area contributed by atoms with Gasteiger partial charge >= 0.3 is 5.97 Å². The highest BCUT2D eigenvalue weighted by Crippen LogP contribution is 2.23. The van der Waals surface area contributed by atoms with Crippen LogP contribution in [0.2, 0.25) is 10.0 Å². The molecule has 25 heavy (non-hydrogen) atoms. The summed E-state index contributed by atoms with van der Waals surface area (Å²) in [6.07, 6.45) is 1.64. The van der Waals surface area contributed by atoms with Gasteiger partial charge in [0.25, 0.3) is 0 Å². The number of hydrogen-bond donors (Lipinski definition) is 1. The molecule has 0 radical (unpaired) electrons. The zero-order valence-corrected chi connectivity index (χ0v) is 15.2. The van der Waals surface area contributed by atoms with Crippen LogP contribution in [0.4, 0.5) is 0 Å². The van der Waals surface area contributed by atoms with Crippen molar-refractivity contribution in [3.63, 3.8) is 0 Å². The zero-order chi connectivity index (χ0) is 18.1. The van der Waals surface area contributed by atoms with Crippen LogP contribution in [0.15, 0.2) is 47.6 Å². The van der Waals surface area contributed by atoms with Gasteiger partial charge < -0.3 is 14.9 Å². The number of hydrazone groups is 1. The lowest BCUT2D eigenvalue weighted by molar-refractivity contribution is -0.145. The van der Waals surface area contributed by atoms with E-state index in [2.05, 4.69) is 10.5 Å². The Morgan fingerprint density at radius 1 is 1.20 bits per heavy atom. The minimum Gasteiger partial charge on any atom is -0.482 e. The van der Waals surface area contributed by atoms with Gasteiger partial charge in [-0.15, -0.1) is 0 Å². The molecule has 0 aliphatic rings. The second-order valence-electron chi connectivity index (χ2n) is 4.96. The van der Waals surface area contributed by atoms with Gasteiger partial charge in [0.2, 0.25) is 0 Å². The Labute approximate surface area is 156 Å². The number of esters is 1. The quantitative estimate of drug-likeness (QED) is 0.426. The summed E-state index contributed by atoms with van der Waals surface area (Å²) in [5.41, 5.74) is 4.51. The minimum atomic E-state index is -0.403. The minimum absolute atomic E-state index is 0.127. The van der Waals surface area contributed by atoms with Crippen molar-refractivity contribution >= 4 is 35.4 Å². The van der Waals surface area contributed by atoms with Crippen molar-refractivity contribution in [2.45, 2.75) is 13.5 Å². The summed E-state index contributed by atoms with van der Waals surface area (Å²) < 4.78 is 10.2. The largest absolute Gasteiger partial charge is 0.482 e. The Kier molecular flexibility index (Phi) is 7.57. The molecule has 0 bridgehead atoms. The summed E-state index contributed by atoms with van der Waals surface area (Å²) in [7, 11) is 0. The van der Waals surface area contributed by atoms with E-state index in [4.69, 9.17) is 32.7 Å². The van der Waals surface area contributed by atoms with Crippen LogP contribution in [0, 0.1) is 0 Å². The van der Waals surface area contributed by atoms with Crippen LogP contribution in [0.3, 0.4) is 0 Å². The van der Waals surface area contributed by atoms with Crippen LogP contribution in [-0.2, 0) is 16.1 Å². The molecule has 0 spiro atoms. The molecule has 0 amide bonds. The fraction of sp³-hybridized carbons (Fsp3) is 0.222. The molecule has 0 atom stereocenters. The molecular formula is C18H18Cl2N2O3. The maximum atomic E-state index is 11.3. The van der Waals surface area contributed by atoms with Crippen LogP contribution in [0.1, 0.15) is 18.1 Å². The smallest absolute Gasteiger partial charge is 0.344 e. The van der Waals surface area contributed by atoms with Crippen molar-refractivity contribution in [1.29, 1.82) is 0 Å². The monoisotopic (exact) mass is 380 g/mol. The SMILES string of the molecule is CCOC(=O)COc1cccc(/C=N/NCc2c(Cl)cccc2Cl)c1. The van der Waals surface area contributed by atoms with E-state index in [-0.39, 0.29) is 6.61 Å². The summed E-state index contributed by atoms with van der Waals surface area (Å²) in [5, 5.41) is 5.32. The lowest BCUT2D eigenvalue weighted by Crippen LogP contribution is -2.14. The number of ether oxygens (including phenoxy) is 2. The van der Waals surface area contributed by atoms with Crippen LogP contribution < -0.4 is 10.2 Å². The van der Waals surface area contributed by atoms with Crippen LogP contribution in [0.25, 0.3) is 0 Å². The molecule has 0 saturated heterocycles. The van der Waals surface area contributed by atoms with Gasteiger partial charge in [0.05, 0.1) is 19.4 Å². The summed E-state index contributed by atoms with van der Waals surface area (Å²) >= 11 is 12.2. The third kappa shape index (κ3) is 6.29. The van der Waals surface area contributed by atoms with E-state index in [0.717, 1.165) is 11.1 Å². The average molecular weight is 381 g/mol. The van der Waals surface area contributed by atoms with E-state index in [9.17, 15) is 4.79 Å². The third-order valence-electron chi connectivity index (χ3n) is 3.14. The molecule has 0 saturated carbocycles. The first-order valence-electron chi connectivity index (χ1n) is 7.67. The fourth-order valence-corrected chi connectivity index (χ4v) is 2.51. The molecule has 2 rings (SSSR count). The first-order chi connectivity index (χ1) is 12.1. The maximum Gasteiger partial charge on any atom is 0.344 e. The molecule has 1 N–H and O–H groups in total. The number of halogens is 2. The number of rotatable bonds is 8. The third-order valence-corrected chi connectivity index (χ3v) is 3.85. The molecule has 2 aromatic carbocycles. The topological polar surface area (TPSA) is 59.9 Å². The van der Waals surface area contributed by atoms with E-state index in [1.807, 2.05) is 12.1 Å². The Balaban J connectivity index is 1.88. The van der Waals surface area contributed by atoms with Crippen LogP contribution in [0.5, 0.6) is 5.75 Å². The summed E-state index contributed by atoms with van der Waals surface area (Å²) in [6, 6.07) is 12.5. The van der Waals surface area contributed by atoms with E-state index in [1.165, 1.54) is 0 Å². The number of carbonyl (C=O) groups excluding carboxylic acids is 1. The lowest BCUT2D eigenvalue weighted by atomic mass is 10.2. The standard InChI is InChI=1S/C18H18Cl2N2O3/c1-2-24-18(23)12-25-14-6-3-5-13(9-14)10-21-22-11-15-16(19)7-4-8-17(15)20/h3-10,22H,2,11-12H2,1H3/b21-10+. The van der Waals surface area contributed by atoms with Crippen molar-refractivity contribution < 1.29 is 14.3 Å². The van der Waals surface area contributed by atoms with E-state index >= 15 is 0 Å². The summed E-state index contributed by atoms with van der Waals surface area (Å²) in [6.45, 7) is 2.36. The fourth-order valence-electron chi connectivity index (χ4n) is 1.98. The van der Waals surface area contributed by atoms with Crippen molar-refractivity contribution in [2.24, 2.45) is 5.10 Å². The van der Waals surface area contributed by atoms with Gasteiger partial charge in [0.15, 0.2) is 6.61 Å². The lowest BCUT2D eigenvalue weighted by Gasteiger charge is -2.07. The molecule has 0 heterocycles. The van der Waals surface area contributed by atoms with Crippen molar-refractivity contribution in [3.8, 4) is 5.75 Å². The zero-order valence-electron chi connectivity index (χ0n) is 13.7. The number of hydrogen-bond acceptors (Lipinski definition) is 5. The molecular weight excluding hydrogens is 363 g/mol. The normalized spacial score (nSPS) is 10.7. The Morgan fingerprint density at radius 2 is 1.92 bits per heavy atom. The van der Waals surface area contributed by atoms with Gasteiger partial charge in [0.1, 0.15) is 5.75 Å². The average Bonchev–Trinajstić information content (AvgIpc) is 2.59. The highest BCUT2D eigenvalue weighted by molar-refractivity contribution is 6.35. The van der Waals surface area contributed by atoms with Gasteiger partial charge in [-0.05, 0) is 36.8 Å². The second-order valence-corrected chi connectivity index (χ2v) is 5.77. The Morgan fingerprint density at radius 3 is 2.64 bits per heavy atom. The van der Waals surface area contributed by atoms with Crippen LogP contribution in [-0.4, -0.2) is 25.4 Å². The number of nitrogens with zero attached hydrogens (tertiary/aromatic N) is 1. The van der Waals surface area contributed by atoms with Gasteiger partial charge in [-0.2, -0.15) is 5.10 Å². The Hall–Kier alpha value is -2.24.